The molecule has 5 heterocycles. The fourth-order valence-corrected chi connectivity index (χ4v) is 6.51. The van der Waals surface area contributed by atoms with Crippen LogP contribution in [0.5, 0.6) is 5.75 Å². The van der Waals surface area contributed by atoms with Crippen LogP contribution < -0.4 is 15.8 Å². The Morgan fingerprint density at radius 1 is 1.22 bits per heavy atom. The van der Waals surface area contributed by atoms with E-state index in [2.05, 4.69) is 15.4 Å². The summed E-state index contributed by atoms with van der Waals surface area (Å²) in [5, 5.41) is 5.98. The number of anilines is 2. The number of nitrogen functional groups attached to an aromatic ring is 1. The molecule has 0 bridgehead atoms. The van der Waals surface area contributed by atoms with Gasteiger partial charge in [-0.25, -0.2) is 14.4 Å². The molecule has 2 amide bonds. The van der Waals surface area contributed by atoms with Gasteiger partial charge in [0, 0.05) is 55.0 Å². The average Bonchev–Trinajstić information content (AvgIpc) is 3.60. The molecule has 238 valence electrons. The molecule has 3 N–H and O–H groups in total. The molecule has 6 rings (SSSR count). The zero-order valence-electron chi connectivity index (χ0n) is 25.1. The SMILES string of the molecule is CCOc1cc(C(=O)Nc2cc(C(F)(F)F)n(C)n2)cc(F)c1-c1nc([C@@H]2CC[C@H]3CC(C)(C)C(=O)N3C2)n2ccnc(N)c12. The van der Waals surface area contributed by atoms with Gasteiger partial charge in [-0.15, -0.1) is 0 Å². The van der Waals surface area contributed by atoms with E-state index < -0.39 is 29.0 Å². The van der Waals surface area contributed by atoms with Crippen LogP contribution in [0.3, 0.4) is 0 Å². The first-order valence-corrected chi connectivity index (χ1v) is 14.5. The van der Waals surface area contributed by atoms with Gasteiger partial charge in [-0.3, -0.25) is 18.7 Å². The number of nitrogens with one attached hydrogen (secondary N) is 1. The molecular weight excluding hydrogens is 596 g/mol. The van der Waals surface area contributed by atoms with Crippen molar-refractivity contribution in [1.82, 2.24) is 29.0 Å². The summed E-state index contributed by atoms with van der Waals surface area (Å²) in [6.45, 7) is 6.15. The minimum absolute atomic E-state index is 0.0189. The number of aryl methyl sites for hydroxylation is 1. The molecule has 2 atom stereocenters. The monoisotopic (exact) mass is 628 g/mol. The van der Waals surface area contributed by atoms with Gasteiger partial charge in [0.1, 0.15) is 40.1 Å². The lowest BCUT2D eigenvalue weighted by Gasteiger charge is -2.34. The Balaban J connectivity index is 1.39. The second kappa shape index (κ2) is 10.7. The number of halogens is 4. The van der Waals surface area contributed by atoms with Crippen molar-refractivity contribution in [1.29, 1.82) is 0 Å². The van der Waals surface area contributed by atoms with E-state index in [4.69, 9.17) is 15.5 Å². The number of ether oxygens (including phenoxy) is 1. The lowest BCUT2D eigenvalue weighted by Crippen LogP contribution is -2.42. The summed E-state index contributed by atoms with van der Waals surface area (Å²) in [7, 11) is 1.10. The van der Waals surface area contributed by atoms with E-state index in [0.29, 0.717) is 28.6 Å². The highest BCUT2D eigenvalue weighted by atomic mass is 19.4. The summed E-state index contributed by atoms with van der Waals surface area (Å²) in [6, 6.07) is 3.09. The predicted molar refractivity (Wildman–Crippen MR) is 156 cm³/mol. The van der Waals surface area contributed by atoms with Crippen LogP contribution in [0, 0.1) is 11.2 Å². The van der Waals surface area contributed by atoms with Crippen molar-refractivity contribution >= 4 is 29.0 Å². The molecule has 45 heavy (non-hydrogen) atoms. The number of benzene rings is 1. The summed E-state index contributed by atoms with van der Waals surface area (Å²) in [4.78, 5) is 37.1. The van der Waals surface area contributed by atoms with Gasteiger partial charge >= 0.3 is 6.18 Å². The van der Waals surface area contributed by atoms with Crippen molar-refractivity contribution in [3.63, 3.8) is 0 Å². The minimum atomic E-state index is -4.68. The third kappa shape index (κ3) is 5.23. The Morgan fingerprint density at radius 2 is 1.98 bits per heavy atom. The summed E-state index contributed by atoms with van der Waals surface area (Å²) in [6.07, 6.45) is 0.866. The molecular formula is C30H32F4N8O3. The van der Waals surface area contributed by atoms with Crippen LogP contribution in [0.1, 0.15) is 67.8 Å². The van der Waals surface area contributed by atoms with Crippen LogP contribution in [-0.4, -0.2) is 60.1 Å². The van der Waals surface area contributed by atoms with E-state index >= 15 is 4.39 Å². The quantitative estimate of drug-likeness (QED) is 0.287. The average molecular weight is 629 g/mol. The van der Waals surface area contributed by atoms with Crippen LogP contribution in [0.15, 0.2) is 30.6 Å². The summed E-state index contributed by atoms with van der Waals surface area (Å²) in [5.41, 5.74) is 5.04. The lowest BCUT2D eigenvalue weighted by molar-refractivity contribution is -0.143. The van der Waals surface area contributed by atoms with Crippen molar-refractivity contribution < 1.29 is 31.9 Å². The van der Waals surface area contributed by atoms with Gasteiger partial charge in [0.25, 0.3) is 5.91 Å². The molecule has 3 aromatic heterocycles. The van der Waals surface area contributed by atoms with Crippen LogP contribution in [0.4, 0.5) is 29.2 Å². The van der Waals surface area contributed by atoms with E-state index in [1.807, 2.05) is 18.7 Å². The van der Waals surface area contributed by atoms with E-state index in [1.54, 1.807) is 17.5 Å². The molecule has 2 fully saturated rings. The number of fused-ring (bicyclic) bond motifs is 2. The van der Waals surface area contributed by atoms with Crippen LogP contribution in [0.2, 0.25) is 0 Å². The Kier molecular flexibility index (Phi) is 7.24. The first-order chi connectivity index (χ1) is 21.2. The number of amides is 2. The fourth-order valence-electron chi connectivity index (χ4n) is 6.51. The van der Waals surface area contributed by atoms with E-state index in [1.165, 1.54) is 12.3 Å². The lowest BCUT2D eigenvalue weighted by atomic mass is 9.87. The number of piperidine rings is 1. The first kappa shape index (κ1) is 30.3. The van der Waals surface area contributed by atoms with Crippen LogP contribution >= 0.6 is 0 Å². The molecule has 2 aliphatic rings. The molecule has 2 saturated heterocycles. The van der Waals surface area contributed by atoms with Crippen LogP contribution in [0.25, 0.3) is 16.8 Å². The number of carbonyl (C=O) groups excluding carboxylic acids is 2. The molecule has 0 saturated carbocycles. The van der Waals surface area contributed by atoms with Gasteiger partial charge in [0.05, 0.1) is 12.2 Å². The Morgan fingerprint density at radius 3 is 2.67 bits per heavy atom. The Hall–Kier alpha value is -4.69. The summed E-state index contributed by atoms with van der Waals surface area (Å²) in [5.74, 6) is -1.51. The number of aromatic nitrogens is 5. The van der Waals surface area contributed by atoms with Gasteiger partial charge < -0.3 is 20.7 Å². The van der Waals surface area contributed by atoms with E-state index in [9.17, 15) is 22.8 Å². The molecule has 0 unspecified atom stereocenters. The number of nitrogens with zero attached hydrogens (tertiary/aromatic N) is 6. The number of nitrogens with two attached hydrogens (primary N) is 1. The number of hydrogen-bond donors (Lipinski definition) is 2. The van der Waals surface area contributed by atoms with E-state index in [-0.39, 0.29) is 58.7 Å². The zero-order valence-corrected chi connectivity index (χ0v) is 25.1. The molecule has 4 aromatic rings. The highest BCUT2D eigenvalue weighted by Crippen LogP contribution is 2.45. The van der Waals surface area contributed by atoms with Gasteiger partial charge in [-0.2, -0.15) is 18.3 Å². The van der Waals surface area contributed by atoms with Crippen molar-refractivity contribution in [2.45, 2.75) is 58.2 Å². The molecule has 11 nitrogen and oxygen atoms in total. The van der Waals surface area contributed by atoms with Crippen molar-refractivity contribution in [2.24, 2.45) is 12.5 Å². The molecule has 0 radical (unpaired) electrons. The number of rotatable bonds is 6. The fraction of sp³-hybridized carbons (Fsp3) is 0.433. The number of carbonyl (C=O) groups is 2. The van der Waals surface area contributed by atoms with Crippen molar-refractivity contribution in [3.8, 4) is 17.0 Å². The highest BCUT2D eigenvalue weighted by molar-refractivity contribution is 6.05. The number of alkyl halides is 3. The Labute approximate surface area is 255 Å². The number of imidazole rings is 1. The number of hydrogen-bond acceptors (Lipinski definition) is 7. The van der Waals surface area contributed by atoms with E-state index in [0.717, 1.165) is 32.4 Å². The largest absolute Gasteiger partial charge is 0.493 e. The van der Waals surface area contributed by atoms with Crippen LogP contribution in [-0.2, 0) is 18.0 Å². The van der Waals surface area contributed by atoms with Gasteiger partial charge in [0.15, 0.2) is 5.82 Å². The van der Waals surface area contributed by atoms with Gasteiger partial charge in [0.2, 0.25) is 5.91 Å². The maximum absolute atomic E-state index is 16.1. The van der Waals surface area contributed by atoms with Crippen molar-refractivity contribution in [3.05, 3.63) is 53.5 Å². The molecule has 0 spiro atoms. The molecule has 2 aliphatic heterocycles. The summed E-state index contributed by atoms with van der Waals surface area (Å²) >= 11 is 0. The molecule has 1 aromatic carbocycles. The third-order valence-corrected chi connectivity index (χ3v) is 8.53. The third-order valence-electron chi connectivity index (χ3n) is 8.53. The van der Waals surface area contributed by atoms with Gasteiger partial charge in [-0.05, 0) is 38.3 Å². The predicted octanol–water partition coefficient (Wildman–Crippen LogP) is 5.03. The van der Waals surface area contributed by atoms with Crippen molar-refractivity contribution in [2.75, 3.05) is 24.2 Å². The molecule has 15 heteroatoms. The minimum Gasteiger partial charge on any atom is -0.493 e. The second-order valence-corrected chi connectivity index (χ2v) is 12.1. The first-order valence-electron chi connectivity index (χ1n) is 14.5. The van der Waals surface area contributed by atoms with Gasteiger partial charge in [-0.1, -0.05) is 13.8 Å². The zero-order chi connectivity index (χ0) is 32.4. The standard InChI is InChI=1S/C30H32F4N8O3/c1-5-45-19-11-16(27(43)37-21-12-20(30(32,33)34)40(4)39-21)10-18(31)22(19)23-24-25(35)36-8-9-41(24)26(38-23)15-6-7-17-13-29(2,3)28(44)42(17)14-15/h8-12,15,17H,5-7,13-14H2,1-4H3,(H2,35,36)(H,37,39,43)/t15-,17+/m1/s1. The summed E-state index contributed by atoms with van der Waals surface area (Å²) < 4.78 is 63.8. The molecule has 0 aliphatic carbocycles. The maximum atomic E-state index is 16.1. The maximum Gasteiger partial charge on any atom is 0.433 e. The normalized spacial score (nSPS) is 19.6. The second-order valence-electron chi connectivity index (χ2n) is 12.1. The topological polar surface area (TPSA) is 133 Å². The smallest absolute Gasteiger partial charge is 0.433 e. The Bertz CT molecular complexity index is 1830. The highest BCUT2D eigenvalue weighted by Gasteiger charge is 2.48.